The van der Waals surface area contributed by atoms with Crippen molar-refractivity contribution in [2.75, 3.05) is 6.54 Å². The molecule has 0 aliphatic carbocycles. The molecule has 1 N–H and O–H groups in total. The van der Waals surface area contributed by atoms with Crippen LogP contribution in [0.5, 0.6) is 0 Å². The van der Waals surface area contributed by atoms with Crippen LogP contribution in [0.1, 0.15) is 20.3 Å². The molecule has 0 spiro atoms. The second-order valence-corrected chi connectivity index (χ2v) is 3.72. The fourth-order valence-corrected chi connectivity index (χ4v) is 1.20. The Kier molecular flexibility index (Phi) is 4.23. The Balaban J connectivity index is 2.08. The first kappa shape index (κ1) is 10.8. The lowest BCUT2D eigenvalue weighted by atomic mass is 10.2. The highest BCUT2D eigenvalue weighted by molar-refractivity contribution is 5.77. The van der Waals surface area contributed by atoms with Crippen molar-refractivity contribution in [1.29, 1.82) is 0 Å². The van der Waals surface area contributed by atoms with Crippen LogP contribution in [0.4, 0.5) is 0 Å². The Bertz CT molecular complexity index is 265. The predicted molar refractivity (Wildman–Crippen MR) is 56.9 cm³/mol. The van der Waals surface area contributed by atoms with Crippen molar-refractivity contribution in [3.05, 3.63) is 24.5 Å². The maximum absolute atomic E-state index is 11.2. The smallest absolute Gasteiger partial charge is 0.222 e. The summed E-state index contributed by atoms with van der Waals surface area (Å²) in [5, 5.41) is 2.89. The molecular formula is C11H18N2O. The standard InChI is InChI=1S/C11H18N2O/c1-10(2)11(14)12-6-5-9-13-7-3-4-8-13/h3-4,7-8,10H,5-6,9H2,1-2H3,(H,12,14). The summed E-state index contributed by atoms with van der Waals surface area (Å²) in [4.78, 5) is 11.2. The van der Waals surface area contributed by atoms with Crippen molar-refractivity contribution in [1.82, 2.24) is 9.88 Å². The topological polar surface area (TPSA) is 34.0 Å². The Morgan fingerprint density at radius 2 is 2.00 bits per heavy atom. The van der Waals surface area contributed by atoms with Crippen molar-refractivity contribution in [3.8, 4) is 0 Å². The van der Waals surface area contributed by atoms with E-state index >= 15 is 0 Å². The van der Waals surface area contributed by atoms with E-state index in [1.54, 1.807) is 0 Å². The molecule has 3 heteroatoms. The average Bonchev–Trinajstić information content (AvgIpc) is 2.64. The fraction of sp³-hybridized carbons (Fsp3) is 0.545. The van der Waals surface area contributed by atoms with Gasteiger partial charge in [-0.05, 0) is 18.6 Å². The van der Waals surface area contributed by atoms with Crippen molar-refractivity contribution in [3.63, 3.8) is 0 Å². The van der Waals surface area contributed by atoms with Gasteiger partial charge >= 0.3 is 0 Å². The van der Waals surface area contributed by atoms with Crippen LogP contribution in [0.2, 0.25) is 0 Å². The molecule has 0 unspecified atom stereocenters. The monoisotopic (exact) mass is 194 g/mol. The first-order valence-electron chi connectivity index (χ1n) is 5.08. The van der Waals surface area contributed by atoms with Crippen LogP contribution in [0.15, 0.2) is 24.5 Å². The number of amides is 1. The summed E-state index contributed by atoms with van der Waals surface area (Å²) in [5.74, 6) is 0.221. The number of nitrogens with one attached hydrogen (secondary N) is 1. The van der Waals surface area contributed by atoms with E-state index in [2.05, 4.69) is 9.88 Å². The molecule has 1 aromatic rings. The molecule has 0 fully saturated rings. The van der Waals surface area contributed by atoms with Crippen molar-refractivity contribution in [2.45, 2.75) is 26.8 Å². The third-order valence-electron chi connectivity index (χ3n) is 2.08. The van der Waals surface area contributed by atoms with Crippen molar-refractivity contribution >= 4 is 5.91 Å². The minimum absolute atomic E-state index is 0.0848. The van der Waals surface area contributed by atoms with Crippen LogP contribution in [0, 0.1) is 5.92 Å². The largest absolute Gasteiger partial charge is 0.356 e. The van der Waals surface area contributed by atoms with Gasteiger partial charge in [0.05, 0.1) is 0 Å². The SMILES string of the molecule is CC(C)C(=O)NCCCn1cccc1. The summed E-state index contributed by atoms with van der Waals surface area (Å²) >= 11 is 0. The minimum Gasteiger partial charge on any atom is -0.356 e. The van der Waals surface area contributed by atoms with Crippen LogP contribution in [-0.2, 0) is 11.3 Å². The molecule has 0 saturated carbocycles. The first-order valence-corrected chi connectivity index (χ1v) is 5.08. The molecule has 78 valence electrons. The van der Waals surface area contributed by atoms with Crippen LogP contribution in [0.3, 0.4) is 0 Å². The lowest BCUT2D eigenvalue weighted by Crippen LogP contribution is -2.29. The lowest BCUT2D eigenvalue weighted by Gasteiger charge is -2.07. The van der Waals surface area contributed by atoms with Gasteiger partial charge in [0.1, 0.15) is 0 Å². The predicted octanol–water partition coefficient (Wildman–Crippen LogP) is 1.65. The van der Waals surface area contributed by atoms with E-state index in [-0.39, 0.29) is 11.8 Å². The second kappa shape index (κ2) is 5.47. The fourth-order valence-electron chi connectivity index (χ4n) is 1.20. The Labute approximate surface area is 85.1 Å². The number of carbonyl (C=O) groups excluding carboxylic acids is 1. The third kappa shape index (κ3) is 3.64. The molecule has 3 nitrogen and oxygen atoms in total. The van der Waals surface area contributed by atoms with Crippen molar-refractivity contribution < 1.29 is 4.79 Å². The molecular weight excluding hydrogens is 176 g/mol. The molecule has 0 aliphatic heterocycles. The van der Waals surface area contributed by atoms with Gasteiger partial charge in [-0.1, -0.05) is 13.8 Å². The van der Waals surface area contributed by atoms with Crippen LogP contribution < -0.4 is 5.32 Å². The van der Waals surface area contributed by atoms with Gasteiger partial charge in [-0.2, -0.15) is 0 Å². The van der Waals surface area contributed by atoms with Gasteiger partial charge < -0.3 is 9.88 Å². The van der Waals surface area contributed by atoms with E-state index in [1.165, 1.54) is 0 Å². The number of aromatic nitrogens is 1. The summed E-state index contributed by atoms with van der Waals surface area (Å²) in [6.07, 6.45) is 5.04. The molecule has 0 radical (unpaired) electrons. The zero-order valence-electron chi connectivity index (χ0n) is 8.86. The summed E-state index contributed by atoms with van der Waals surface area (Å²) in [7, 11) is 0. The number of carbonyl (C=O) groups is 1. The molecule has 1 aromatic heterocycles. The van der Waals surface area contributed by atoms with Gasteiger partial charge in [-0.3, -0.25) is 4.79 Å². The molecule has 1 rings (SSSR count). The van der Waals surface area contributed by atoms with E-state index < -0.39 is 0 Å². The number of hydrogen-bond acceptors (Lipinski definition) is 1. The zero-order chi connectivity index (χ0) is 10.4. The van der Waals surface area contributed by atoms with Gasteiger partial charge in [-0.25, -0.2) is 0 Å². The molecule has 0 saturated heterocycles. The van der Waals surface area contributed by atoms with Crippen molar-refractivity contribution in [2.24, 2.45) is 5.92 Å². The average molecular weight is 194 g/mol. The van der Waals surface area contributed by atoms with Gasteiger partial charge in [0, 0.05) is 31.4 Å². The van der Waals surface area contributed by atoms with Gasteiger partial charge in [0.25, 0.3) is 0 Å². The zero-order valence-corrected chi connectivity index (χ0v) is 8.86. The summed E-state index contributed by atoms with van der Waals surface area (Å²) in [6.45, 7) is 5.53. The first-order chi connectivity index (χ1) is 6.70. The minimum atomic E-state index is 0.0848. The summed E-state index contributed by atoms with van der Waals surface area (Å²) < 4.78 is 2.11. The highest BCUT2D eigenvalue weighted by Gasteiger charge is 2.04. The second-order valence-electron chi connectivity index (χ2n) is 3.72. The number of rotatable bonds is 5. The number of aryl methyl sites for hydroxylation is 1. The molecule has 0 aliphatic rings. The molecule has 14 heavy (non-hydrogen) atoms. The maximum Gasteiger partial charge on any atom is 0.222 e. The van der Waals surface area contributed by atoms with Crippen LogP contribution in [-0.4, -0.2) is 17.0 Å². The van der Waals surface area contributed by atoms with Crippen LogP contribution >= 0.6 is 0 Å². The maximum atomic E-state index is 11.2. The van der Waals surface area contributed by atoms with E-state index in [9.17, 15) is 4.79 Å². The Morgan fingerprint density at radius 3 is 2.57 bits per heavy atom. The van der Waals surface area contributed by atoms with Crippen LogP contribution in [0.25, 0.3) is 0 Å². The molecule has 0 bridgehead atoms. The van der Waals surface area contributed by atoms with Gasteiger partial charge in [0.15, 0.2) is 0 Å². The molecule has 1 heterocycles. The normalized spacial score (nSPS) is 10.5. The quantitative estimate of drug-likeness (QED) is 0.710. The highest BCUT2D eigenvalue weighted by atomic mass is 16.1. The summed E-state index contributed by atoms with van der Waals surface area (Å²) in [5.41, 5.74) is 0. The van der Waals surface area contributed by atoms with E-state index in [0.29, 0.717) is 0 Å². The van der Waals surface area contributed by atoms with E-state index in [0.717, 1.165) is 19.5 Å². The number of hydrogen-bond donors (Lipinski definition) is 1. The van der Waals surface area contributed by atoms with E-state index in [1.807, 2.05) is 38.4 Å². The molecule has 1 amide bonds. The molecule has 0 aromatic carbocycles. The van der Waals surface area contributed by atoms with Gasteiger partial charge in [0.2, 0.25) is 5.91 Å². The Morgan fingerprint density at radius 1 is 1.36 bits per heavy atom. The summed E-state index contributed by atoms with van der Waals surface area (Å²) in [6, 6.07) is 4.01. The highest BCUT2D eigenvalue weighted by Crippen LogP contribution is 1.94. The van der Waals surface area contributed by atoms with Gasteiger partial charge in [-0.15, -0.1) is 0 Å². The lowest BCUT2D eigenvalue weighted by molar-refractivity contribution is -0.123. The number of nitrogens with zero attached hydrogens (tertiary/aromatic N) is 1. The third-order valence-corrected chi connectivity index (χ3v) is 2.08. The van der Waals surface area contributed by atoms with E-state index in [4.69, 9.17) is 0 Å². The molecule has 0 atom stereocenters. The Hall–Kier alpha value is -1.25.